The highest BCUT2D eigenvalue weighted by molar-refractivity contribution is 5.32. The number of benzene rings is 1. The van der Waals surface area contributed by atoms with Crippen molar-refractivity contribution >= 4 is 0 Å². The molecule has 5 heteroatoms. The molecule has 2 aromatic rings. The lowest BCUT2D eigenvalue weighted by Gasteiger charge is -2.15. The van der Waals surface area contributed by atoms with Crippen molar-refractivity contribution in [2.45, 2.75) is 13.0 Å². The molecule has 1 atom stereocenters. The average Bonchev–Trinajstić information content (AvgIpc) is 2.72. The molecule has 1 heterocycles. The number of nitrogens with one attached hydrogen (secondary N) is 1. The summed E-state index contributed by atoms with van der Waals surface area (Å²) in [5.41, 5.74) is 3.36. The van der Waals surface area contributed by atoms with E-state index in [1.54, 1.807) is 13.0 Å². The molecule has 1 unspecified atom stereocenters. The van der Waals surface area contributed by atoms with Crippen LogP contribution in [0.5, 0.6) is 0 Å². The first-order chi connectivity index (χ1) is 8.15. The number of nitrogens with two attached hydrogens (primary N) is 1. The SMILES string of the molecule is Cc1ccoc1C(NN)c1cccc(F)c1F. The molecule has 1 aromatic heterocycles. The van der Waals surface area contributed by atoms with E-state index >= 15 is 0 Å². The van der Waals surface area contributed by atoms with E-state index in [1.807, 2.05) is 0 Å². The molecule has 1 aromatic carbocycles. The van der Waals surface area contributed by atoms with Gasteiger partial charge in [-0.3, -0.25) is 5.84 Å². The van der Waals surface area contributed by atoms with Crippen LogP contribution in [0.2, 0.25) is 0 Å². The summed E-state index contributed by atoms with van der Waals surface area (Å²) in [5.74, 6) is 4.02. The van der Waals surface area contributed by atoms with Crippen LogP contribution in [0.15, 0.2) is 34.9 Å². The Hall–Kier alpha value is -1.72. The fourth-order valence-electron chi connectivity index (χ4n) is 1.73. The lowest BCUT2D eigenvalue weighted by Crippen LogP contribution is -2.29. The Labute approximate surface area is 97.2 Å². The van der Waals surface area contributed by atoms with Gasteiger partial charge in [-0.2, -0.15) is 0 Å². The average molecular weight is 238 g/mol. The van der Waals surface area contributed by atoms with Crippen molar-refractivity contribution in [1.29, 1.82) is 0 Å². The summed E-state index contributed by atoms with van der Waals surface area (Å²) in [4.78, 5) is 0. The second-order valence-electron chi connectivity index (χ2n) is 3.71. The van der Waals surface area contributed by atoms with Crippen molar-refractivity contribution in [2.24, 2.45) is 5.84 Å². The highest BCUT2D eigenvalue weighted by atomic mass is 19.2. The Balaban J connectivity index is 2.50. The van der Waals surface area contributed by atoms with E-state index < -0.39 is 17.7 Å². The Kier molecular flexibility index (Phi) is 3.21. The standard InChI is InChI=1S/C12H12F2N2O/c1-7-5-6-17-12(7)11(16-15)8-3-2-4-9(13)10(8)14/h2-6,11,16H,15H2,1H3. The Morgan fingerprint density at radius 2 is 2.06 bits per heavy atom. The van der Waals surface area contributed by atoms with Gasteiger partial charge in [-0.05, 0) is 24.6 Å². The zero-order valence-corrected chi connectivity index (χ0v) is 9.21. The van der Waals surface area contributed by atoms with E-state index in [-0.39, 0.29) is 5.56 Å². The van der Waals surface area contributed by atoms with Crippen LogP contribution in [0, 0.1) is 18.6 Å². The van der Waals surface area contributed by atoms with Crippen LogP contribution in [-0.2, 0) is 0 Å². The molecule has 0 radical (unpaired) electrons. The normalized spacial score (nSPS) is 12.7. The van der Waals surface area contributed by atoms with Gasteiger partial charge in [-0.15, -0.1) is 0 Å². The molecule has 0 amide bonds. The quantitative estimate of drug-likeness (QED) is 0.637. The van der Waals surface area contributed by atoms with Gasteiger partial charge in [0.2, 0.25) is 0 Å². The van der Waals surface area contributed by atoms with Crippen LogP contribution in [0.3, 0.4) is 0 Å². The summed E-state index contributed by atoms with van der Waals surface area (Å²) in [7, 11) is 0. The minimum Gasteiger partial charge on any atom is -0.467 e. The number of aryl methyl sites for hydroxylation is 1. The lowest BCUT2D eigenvalue weighted by atomic mass is 10.0. The summed E-state index contributed by atoms with van der Waals surface area (Å²) >= 11 is 0. The number of halogens is 2. The predicted octanol–water partition coefficient (Wildman–Crippen LogP) is 2.42. The van der Waals surface area contributed by atoms with Gasteiger partial charge in [0, 0.05) is 5.56 Å². The molecule has 0 saturated carbocycles. The molecule has 2 rings (SSSR count). The van der Waals surface area contributed by atoms with Gasteiger partial charge in [0.1, 0.15) is 11.8 Å². The van der Waals surface area contributed by atoms with Gasteiger partial charge in [-0.1, -0.05) is 12.1 Å². The van der Waals surface area contributed by atoms with Crippen LogP contribution in [0.4, 0.5) is 8.78 Å². The summed E-state index contributed by atoms with van der Waals surface area (Å²) in [6.45, 7) is 1.81. The third kappa shape index (κ3) is 2.07. The van der Waals surface area contributed by atoms with Crippen molar-refractivity contribution in [3.05, 3.63) is 59.1 Å². The smallest absolute Gasteiger partial charge is 0.164 e. The van der Waals surface area contributed by atoms with Crippen molar-refractivity contribution < 1.29 is 13.2 Å². The van der Waals surface area contributed by atoms with Crippen LogP contribution in [0.1, 0.15) is 22.9 Å². The zero-order chi connectivity index (χ0) is 12.4. The number of furan rings is 1. The minimum absolute atomic E-state index is 0.116. The maximum absolute atomic E-state index is 13.7. The molecule has 0 aliphatic heterocycles. The maximum Gasteiger partial charge on any atom is 0.164 e. The highest BCUT2D eigenvalue weighted by Crippen LogP contribution is 2.27. The van der Waals surface area contributed by atoms with Gasteiger partial charge in [0.15, 0.2) is 11.6 Å². The first-order valence-corrected chi connectivity index (χ1v) is 5.09. The Morgan fingerprint density at radius 3 is 2.65 bits per heavy atom. The van der Waals surface area contributed by atoms with Crippen molar-refractivity contribution in [3.63, 3.8) is 0 Å². The second kappa shape index (κ2) is 4.65. The largest absolute Gasteiger partial charge is 0.467 e. The van der Waals surface area contributed by atoms with E-state index in [0.717, 1.165) is 11.6 Å². The lowest BCUT2D eigenvalue weighted by molar-refractivity contribution is 0.427. The van der Waals surface area contributed by atoms with Crippen molar-refractivity contribution in [2.75, 3.05) is 0 Å². The highest BCUT2D eigenvalue weighted by Gasteiger charge is 2.22. The zero-order valence-electron chi connectivity index (χ0n) is 9.21. The van der Waals surface area contributed by atoms with Gasteiger partial charge in [0.25, 0.3) is 0 Å². The molecule has 0 bridgehead atoms. The first-order valence-electron chi connectivity index (χ1n) is 5.09. The Morgan fingerprint density at radius 1 is 1.29 bits per heavy atom. The number of hydrogen-bond acceptors (Lipinski definition) is 3. The molecule has 0 fully saturated rings. The summed E-state index contributed by atoms with van der Waals surface area (Å²) < 4.78 is 32.0. The second-order valence-corrected chi connectivity index (χ2v) is 3.71. The molecule has 17 heavy (non-hydrogen) atoms. The Bertz CT molecular complexity index is 525. The van der Waals surface area contributed by atoms with Crippen LogP contribution >= 0.6 is 0 Å². The van der Waals surface area contributed by atoms with Crippen molar-refractivity contribution in [3.8, 4) is 0 Å². The topological polar surface area (TPSA) is 51.2 Å². The van der Waals surface area contributed by atoms with Crippen LogP contribution in [0.25, 0.3) is 0 Å². The number of hydrazine groups is 1. The molecule has 3 N–H and O–H groups in total. The van der Waals surface area contributed by atoms with Gasteiger partial charge in [-0.25, -0.2) is 14.2 Å². The monoisotopic (exact) mass is 238 g/mol. The molecule has 0 spiro atoms. The van der Waals surface area contributed by atoms with E-state index in [2.05, 4.69) is 5.43 Å². The van der Waals surface area contributed by atoms with Crippen LogP contribution < -0.4 is 11.3 Å². The molecule has 90 valence electrons. The van der Waals surface area contributed by atoms with E-state index in [0.29, 0.717) is 5.76 Å². The van der Waals surface area contributed by atoms with Gasteiger partial charge >= 0.3 is 0 Å². The predicted molar refractivity (Wildman–Crippen MR) is 59.0 cm³/mol. The van der Waals surface area contributed by atoms with E-state index in [9.17, 15) is 8.78 Å². The maximum atomic E-state index is 13.7. The molecular formula is C12H12F2N2O. The van der Waals surface area contributed by atoms with Gasteiger partial charge < -0.3 is 4.42 Å². The summed E-state index contributed by atoms with van der Waals surface area (Å²) in [5, 5.41) is 0. The van der Waals surface area contributed by atoms with E-state index in [1.165, 1.54) is 18.4 Å². The fourth-order valence-corrected chi connectivity index (χ4v) is 1.73. The first kappa shape index (κ1) is 11.8. The third-order valence-corrected chi connectivity index (χ3v) is 2.62. The summed E-state index contributed by atoms with van der Waals surface area (Å²) in [6.07, 6.45) is 1.48. The molecular weight excluding hydrogens is 226 g/mol. The molecule has 0 aliphatic carbocycles. The minimum atomic E-state index is -0.925. The molecule has 0 aliphatic rings. The molecule has 0 saturated heterocycles. The fraction of sp³-hybridized carbons (Fsp3) is 0.167. The van der Waals surface area contributed by atoms with E-state index in [4.69, 9.17) is 10.3 Å². The summed E-state index contributed by atoms with van der Waals surface area (Å²) in [6, 6.07) is 4.97. The molecule has 3 nitrogen and oxygen atoms in total. The van der Waals surface area contributed by atoms with Crippen LogP contribution in [-0.4, -0.2) is 0 Å². The number of hydrogen-bond donors (Lipinski definition) is 2. The van der Waals surface area contributed by atoms with Crippen molar-refractivity contribution in [1.82, 2.24) is 5.43 Å². The van der Waals surface area contributed by atoms with Gasteiger partial charge in [0.05, 0.1) is 6.26 Å². The number of rotatable bonds is 3. The third-order valence-electron chi connectivity index (χ3n) is 2.62.